The second-order valence-corrected chi connectivity index (χ2v) is 5.92. The van der Waals surface area contributed by atoms with Gasteiger partial charge in [0.05, 0.1) is 0 Å². The average molecular weight is 380 g/mol. The minimum atomic E-state index is -0.231. The highest BCUT2D eigenvalue weighted by atomic mass is 79.9. The summed E-state index contributed by atoms with van der Waals surface area (Å²) in [5.41, 5.74) is 2.10. The number of carbonyl (C=O) groups is 1. The van der Waals surface area contributed by atoms with Crippen molar-refractivity contribution in [3.05, 3.63) is 75.4 Å². The van der Waals surface area contributed by atoms with Gasteiger partial charge < -0.3 is 10.6 Å². The van der Waals surface area contributed by atoms with Crippen LogP contribution >= 0.6 is 27.5 Å². The van der Waals surface area contributed by atoms with E-state index in [1.54, 1.807) is 18.3 Å². The first-order valence-corrected chi connectivity index (χ1v) is 8.02. The van der Waals surface area contributed by atoms with Crippen molar-refractivity contribution in [2.24, 2.45) is 0 Å². The van der Waals surface area contributed by atoms with E-state index in [4.69, 9.17) is 11.6 Å². The predicted molar refractivity (Wildman–Crippen MR) is 94.9 cm³/mol. The number of amides is 2. The molecule has 0 aromatic heterocycles. The van der Waals surface area contributed by atoms with Gasteiger partial charge in [0.15, 0.2) is 0 Å². The van der Waals surface area contributed by atoms with E-state index >= 15 is 0 Å². The summed E-state index contributed by atoms with van der Waals surface area (Å²) in [4.78, 5) is 11.7. The fraction of sp³-hybridized carbons (Fsp3) is 0.118. The first-order valence-electron chi connectivity index (χ1n) is 6.85. The average Bonchev–Trinajstić information content (AvgIpc) is 2.49. The van der Waals surface area contributed by atoms with Crippen molar-refractivity contribution >= 4 is 39.6 Å². The molecule has 2 N–H and O–H groups in total. The number of nitrogens with one attached hydrogen (secondary N) is 2. The lowest BCUT2D eigenvalue weighted by molar-refractivity contribution is 0.244. The fourth-order valence-corrected chi connectivity index (χ4v) is 2.57. The van der Waals surface area contributed by atoms with Crippen LogP contribution in [0, 0.1) is 0 Å². The third-order valence-electron chi connectivity index (χ3n) is 2.98. The van der Waals surface area contributed by atoms with E-state index in [-0.39, 0.29) is 6.03 Å². The number of urea groups is 1. The van der Waals surface area contributed by atoms with Gasteiger partial charge in [-0.05, 0) is 41.8 Å². The zero-order valence-corrected chi connectivity index (χ0v) is 14.2. The van der Waals surface area contributed by atoms with Crippen LogP contribution in [0.15, 0.2) is 59.2 Å². The Labute approximate surface area is 143 Å². The second kappa shape index (κ2) is 8.61. The predicted octanol–water partition coefficient (Wildman–Crippen LogP) is 4.62. The van der Waals surface area contributed by atoms with Crippen molar-refractivity contribution in [3.8, 4) is 0 Å². The normalized spacial score (nSPS) is 10.6. The van der Waals surface area contributed by atoms with Gasteiger partial charge in [-0.25, -0.2) is 4.79 Å². The quantitative estimate of drug-likeness (QED) is 0.782. The molecule has 2 rings (SSSR count). The molecule has 0 saturated carbocycles. The maximum absolute atomic E-state index is 11.7. The van der Waals surface area contributed by atoms with Crippen molar-refractivity contribution in [2.75, 3.05) is 6.54 Å². The lowest BCUT2D eigenvalue weighted by atomic mass is 10.1. The summed E-state index contributed by atoms with van der Waals surface area (Å²) in [6, 6.07) is 15.1. The van der Waals surface area contributed by atoms with E-state index in [0.717, 1.165) is 22.0 Å². The first kappa shape index (κ1) is 16.6. The summed E-state index contributed by atoms with van der Waals surface area (Å²) in [7, 11) is 0. The van der Waals surface area contributed by atoms with Gasteiger partial charge in [-0.2, -0.15) is 0 Å². The number of hydrogen-bond acceptors (Lipinski definition) is 1. The summed E-state index contributed by atoms with van der Waals surface area (Å²) in [5, 5.41) is 6.14. The van der Waals surface area contributed by atoms with Crippen LogP contribution in [0.1, 0.15) is 11.1 Å². The summed E-state index contributed by atoms with van der Waals surface area (Å²) < 4.78 is 1.05. The molecule has 0 unspecified atom stereocenters. The van der Waals surface area contributed by atoms with Gasteiger partial charge in [-0.15, -0.1) is 0 Å². The first-order chi connectivity index (χ1) is 10.6. The Kier molecular flexibility index (Phi) is 6.49. The lowest BCUT2D eigenvalue weighted by Gasteiger charge is -2.06. The van der Waals surface area contributed by atoms with E-state index in [9.17, 15) is 4.79 Å². The molecule has 2 aromatic carbocycles. The van der Waals surface area contributed by atoms with E-state index in [1.165, 1.54) is 0 Å². The monoisotopic (exact) mass is 378 g/mol. The topological polar surface area (TPSA) is 41.1 Å². The highest BCUT2D eigenvalue weighted by Gasteiger charge is 2.00. The molecule has 0 atom stereocenters. The van der Waals surface area contributed by atoms with Crippen molar-refractivity contribution in [1.29, 1.82) is 0 Å². The second-order valence-electron chi connectivity index (χ2n) is 4.63. The molecular weight excluding hydrogens is 364 g/mol. The number of halogens is 2. The summed E-state index contributed by atoms with van der Waals surface area (Å²) in [6.07, 6.45) is 4.16. The van der Waals surface area contributed by atoms with E-state index in [1.807, 2.05) is 42.5 Å². The molecule has 0 fully saturated rings. The Hall–Kier alpha value is -1.78. The number of hydrogen-bond donors (Lipinski definition) is 2. The smallest absolute Gasteiger partial charge is 0.318 e. The Bertz CT molecular complexity index is 673. The molecule has 0 radical (unpaired) electrons. The highest BCUT2D eigenvalue weighted by Crippen LogP contribution is 2.15. The van der Waals surface area contributed by atoms with Crippen LogP contribution in [-0.4, -0.2) is 12.6 Å². The van der Waals surface area contributed by atoms with Crippen LogP contribution < -0.4 is 10.6 Å². The SMILES string of the molecule is O=C(N/C=C/c1cccc(Cl)c1)NCCc1ccccc1Br. The maximum Gasteiger partial charge on any atom is 0.318 e. The molecule has 114 valence electrons. The van der Waals surface area contributed by atoms with Crippen LogP contribution in [0.25, 0.3) is 6.08 Å². The Morgan fingerprint density at radius 1 is 1.18 bits per heavy atom. The number of benzene rings is 2. The molecule has 3 nitrogen and oxygen atoms in total. The maximum atomic E-state index is 11.7. The highest BCUT2D eigenvalue weighted by molar-refractivity contribution is 9.10. The van der Waals surface area contributed by atoms with E-state index < -0.39 is 0 Å². The molecule has 0 aliphatic heterocycles. The molecule has 0 aliphatic rings. The zero-order chi connectivity index (χ0) is 15.8. The van der Waals surface area contributed by atoms with Gasteiger partial charge in [0.25, 0.3) is 0 Å². The summed E-state index contributed by atoms with van der Waals surface area (Å²) in [6.45, 7) is 0.569. The van der Waals surface area contributed by atoms with Crippen molar-refractivity contribution in [3.63, 3.8) is 0 Å². The summed E-state index contributed by atoms with van der Waals surface area (Å²) >= 11 is 9.38. The molecular formula is C17H16BrClN2O. The van der Waals surface area contributed by atoms with Crippen LogP contribution in [-0.2, 0) is 6.42 Å². The molecule has 22 heavy (non-hydrogen) atoms. The Balaban J connectivity index is 1.73. The molecule has 2 aromatic rings. The standard InChI is InChI=1S/C17H16BrClN2O/c18-16-7-2-1-5-14(16)9-11-21-17(22)20-10-8-13-4-3-6-15(19)12-13/h1-8,10,12H,9,11H2,(H2,20,21,22)/b10-8+. The third kappa shape index (κ3) is 5.54. The summed E-state index contributed by atoms with van der Waals surface area (Å²) in [5.74, 6) is 0. The molecule has 0 heterocycles. The molecule has 5 heteroatoms. The van der Waals surface area contributed by atoms with Crippen LogP contribution in [0.5, 0.6) is 0 Å². The molecule has 0 spiro atoms. The van der Waals surface area contributed by atoms with Crippen LogP contribution in [0.3, 0.4) is 0 Å². The van der Waals surface area contributed by atoms with Gasteiger partial charge in [0, 0.05) is 22.2 Å². The fourth-order valence-electron chi connectivity index (χ4n) is 1.89. The van der Waals surface area contributed by atoms with Gasteiger partial charge in [-0.1, -0.05) is 57.9 Å². The van der Waals surface area contributed by atoms with Gasteiger partial charge in [0.1, 0.15) is 0 Å². The minimum absolute atomic E-state index is 0.231. The van der Waals surface area contributed by atoms with Crippen molar-refractivity contribution < 1.29 is 4.79 Å². The van der Waals surface area contributed by atoms with Crippen LogP contribution in [0.2, 0.25) is 5.02 Å². The Morgan fingerprint density at radius 3 is 2.77 bits per heavy atom. The number of rotatable bonds is 5. The zero-order valence-electron chi connectivity index (χ0n) is 11.9. The van der Waals surface area contributed by atoms with E-state index in [2.05, 4.69) is 26.6 Å². The van der Waals surface area contributed by atoms with Crippen LogP contribution in [0.4, 0.5) is 4.79 Å². The third-order valence-corrected chi connectivity index (χ3v) is 3.99. The Morgan fingerprint density at radius 2 is 2.00 bits per heavy atom. The van der Waals surface area contributed by atoms with Gasteiger partial charge in [0.2, 0.25) is 0 Å². The minimum Gasteiger partial charge on any atom is -0.338 e. The largest absolute Gasteiger partial charge is 0.338 e. The molecule has 0 saturated heterocycles. The van der Waals surface area contributed by atoms with E-state index in [0.29, 0.717) is 11.6 Å². The molecule has 2 amide bonds. The van der Waals surface area contributed by atoms with Gasteiger partial charge in [-0.3, -0.25) is 0 Å². The van der Waals surface area contributed by atoms with Gasteiger partial charge >= 0.3 is 6.03 Å². The van der Waals surface area contributed by atoms with Crippen molar-refractivity contribution in [2.45, 2.75) is 6.42 Å². The molecule has 0 bridgehead atoms. The molecule has 0 aliphatic carbocycles. The number of carbonyl (C=O) groups excluding carboxylic acids is 1. The van der Waals surface area contributed by atoms with Crippen molar-refractivity contribution in [1.82, 2.24) is 10.6 Å². The lowest BCUT2D eigenvalue weighted by Crippen LogP contribution is -2.33.